The fourth-order valence-corrected chi connectivity index (χ4v) is 14.3. The number of phenols is 1. The molecule has 0 aliphatic carbocycles. The van der Waals surface area contributed by atoms with Gasteiger partial charge in [-0.2, -0.15) is 0 Å². The van der Waals surface area contributed by atoms with Gasteiger partial charge in [0.15, 0.2) is 0 Å². The molecule has 0 aliphatic heterocycles. The minimum Gasteiger partial charge on any atom is -0.507 e. The first-order chi connectivity index (χ1) is 32.9. The molecule has 414 valence electrons. The molecule has 4 N–H and O–H groups in total. The monoisotopic (exact) mass is 1130 g/mol. The molecule has 9 nitrogen and oxygen atoms in total. The van der Waals surface area contributed by atoms with Crippen molar-refractivity contribution in [3.8, 4) is 23.0 Å². The van der Waals surface area contributed by atoms with Gasteiger partial charge < -0.3 is 18.7 Å². The highest BCUT2D eigenvalue weighted by atomic mass is 32.2. The fourth-order valence-electron chi connectivity index (χ4n) is 8.44. The van der Waals surface area contributed by atoms with Crippen LogP contribution in [0.2, 0.25) is 0 Å². The molecule has 0 radical (unpaired) electrons. The summed E-state index contributed by atoms with van der Waals surface area (Å²) in [6, 6.07) is 16.5. The van der Waals surface area contributed by atoms with Crippen LogP contribution in [0, 0.1) is 0 Å². The highest BCUT2D eigenvalue weighted by Crippen LogP contribution is 2.56. The first kappa shape index (κ1) is 64.3. The molecule has 0 fully saturated rings. The lowest BCUT2D eigenvalue weighted by molar-refractivity contribution is 0.276. The molecule has 0 bridgehead atoms. The van der Waals surface area contributed by atoms with Crippen molar-refractivity contribution in [1.82, 2.24) is 0 Å². The van der Waals surface area contributed by atoms with Crippen molar-refractivity contribution in [2.24, 2.45) is 0 Å². The third-order valence-corrected chi connectivity index (χ3v) is 18.0. The van der Waals surface area contributed by atoms with Crippen molar-refractivity contribution in [2.45, 2.75) is 241 Å². The Morgan fingerprint density at radius 1 is 0.392 bits per heavy atom. The van der Waals surface area contributed by atoms with Crippen LogP contribution in [0.4, 0.5) is 0 Å². The van der Waals surface area contributed by atoms with Crippen LogP contribution in [-0.4, -0.2) is 29.5 Å². The topological polar surface area (TPSA) is 143 Å². The molecule has 0 amide bonds. The average molecular weight is 1130 g/mol. The second-order valence-electron chi connectivity index (χ2n) is 27.9. The number of phosphoric acid groups is 2. The number of aromatic hydroxyl groups is 1. The van der Waals surface area contributed by atoms with E-state index in [1.165, 1.54) is 0 Å². The number of phosphoric ester groups is 2. The van der Waals surface area contributed by atoms with E-state index in [2.05, 4.69) is 156 Å². The van der Waals surface area contributed by atoms with Gasteiger partial charge in [0.1, 0.15) is 23.0 Å². The Balaban J connectivity index is 1.77. The molecule has 0 aromatic heterocycles. The number of hydrogen-bond donors (Lipinski definition) is 4. The van der Waals surface area contributed by atoms with Crippen LogP contribution in [0.1, 0.15) is 218 Å². The first-order valence-electron chi connectivity index (χ1n) is 25.4. The van der Waals surface area contributed by atoms with Crippen LogP contribution in [0.5, 0.6) is 23.0 Å². The van der Waals surface area contributed by atoms with Crippen molar-refractivity contribution in [3.63, 3.8) is 0 Å². The van der Waals surface area contributed by atoms with Gasteiger partial charge in [0, 0.05) is 69.2 Å². The Morgan fingerprint density at radius 2 is 0.608 bits per heavy atom. The zero-order valence-electron chi connectivity index (χ0n) is 49.3. The first-order valence-corrected chi connectivity index (χ1v) is 32.2. The highest BCUT2D eigenvalue weighted by molar-refractivity contribution is 8.17. The van der Waals surface area contributed by atoms with Gasteiger partial charge >= 0.3 is 15.6 Å². The smallest absolute Gasteiger partial charge is 0.507 e. The molecule has 74 heavy (non-hydrogen) atoms. The van der Waals surface area contributed by atoms with Crippen molar-refractivity contribution < 1.29 is 42.5 Å². The van der Waals surface area contributed by atoms with E-state index in [0.717, 1.165) is 53.0 Å². The molecule has 0 spiro atoms. The van der Waals surface area contributed by atoms with Gasteiger partial charge in [-0.15, -0.1) is 47.0 Å². The number of thioether (sulfide) groups is 4. The molecular formula is C59H90O9P2S4. The normalized spacial score (nSPS) is 15.0. The minimum absolute atomic E-state index is 0.0679. The summed E-state index contributed by atoms with van der Waals surface area (Å²) in [4.78, 5) is 36.0. The van der Waals surface area contributed by atoms with Gasteiger partial charge in [-0.25, -0.2) is 9.13 Å². The predicted molar refractivity (Wildman–Crippen MR) is 319 cm³/mol. The number of hydrogen-bond acceptors (Lipinski definition) is 10. The van der Waals surface area contributed by atoms with Crippen LogP contribution in [0.15, 0.2) is 68.1 Å². The molecule has 4 aromatic carbocycles. The lowest BCUT2D eigenvalue weighted by Gasteiger charge is -2.33. The minimum atomic E-state index is -4.88. The lowest BCUT2D eigenvalue weighted by Crippen LogP contribution is -2.22. The van der Waals surface area contributed by atoms with E-state index in [9.17, 15) is 28.9 Å². The summed E-state index contributed by atoms with van der Waals surface area (Å²) in [5.41, 5.74) is 2.92. The average Bonchev–Trinajstić information content (AvgIpc) is 3.15. The summed E-state index contributed by atoms with van der Waals surface area (Å²) in [6.07, 6.45) is 0. The summed E-state index contributed by atoms with van der Waals surface area (Å²) in [5.74, 6) is 1.24. The predicted octanol–water partition coefficient (Wildman–Crippen LogP) is 18.9. The third kappa shape index (κ3) is 17.2. The molecule has 0 aliphatic rings. The molecule has 4 aromatic rings. The van der Waals surface area contributed by atoms with Crippen LogP contribution >= 0.6 is 62.7 Å². The maximum absolute atomic E-state index is 14.9. The molecule has 0 heterocycles. The highest BCUT2D eigenvalue weighted by Gasteiger charge is 2.39. The quantitative estimate of drug-likeness (QED) is 0.0541. The summed E-state index contributed by atoms with van der Waals surface area (Å²) >= 11 is 6.74. The van der Waals surface area contributed by atoms with Gasteiger partial charge in [0.05, 0.1) is 4.58 Å². The van der Waals surface area contributed by atoms with Crippen molar-refractivity contribution in [1.29, 1.82) is 0 Å². The molecular weight excluding hydrogens is 1040 g/mol. The zero-order chi connectivity index (χ0) is 57.1. The molecule has 0 saturated heterocycles. The van der Waals surface area contributed by atoms with E-state index >= 15 is 0 Å². The van der Waals surface area contributed by atoms with Gasteiger partial charge in [-0.05, 0) is 98.8 Å². The van der Waals surface area contributed by atoms with Crippen molar-refractivity contribution in [2.75, 3.05) is 5.08 Å². The Morgan fingerprint density at radius 3 is 0.838 bits per heavy atom. The lowest BCUT2D eigenvalue weighted by atomic mass is 9.79. The zero-order valence-corrected chi connectivity index (χ0v) is 54.3. The van der Waals surface area contributed by atoms with Crippen molar-refractivity contribution in [3.05, 3.63) is 93.0 Å². The van der Waals surface area contributed by atoms with E-state index in [1.54, 1.807) is 47.0 Å². The summed E-state index contributed by atoms with van der Waals surface area (Å²) in [5, 5.41) is 12.0. The number of phenolic OH excluding ortho intramolecular Hbond substituents is 1. The van der Waals surface area contributed by atoms with Crippen LogP contribution < -0.4 is 13.6 Å². The Bertz CT molecular complexity index is 2640. The van der Waals surface area contributed by atoms with E-state index in [1.807, 2.05) is 65.8 Å². The van der Waals surface area contributed by atoms with Crippen molar-refractivity contribution >= 4 is 62.7 Å². The summed E-state index contributed by atoms with van der Waals surface area (Å²) in [7, 11) is -9.73. The number of rotatable bonds is 14. The maximum atomic E-state index is 14.9. The SMILES string of the molecule is CC(Sc1cc(C(C)(C)C)c(O)c(C(C)(C)C)c1)Sc1cc(C(C)(C)C)c(OP(=O)(O)Oc2c(C(C)(C)C)cc(SCSc3cc(C(C)(C)C)c(OP(=O)(O)O)c(C(C)(C)C)c3)cc2C(C)(C)C)c(C(C)(C)C)c1. The van der Waals surface area contributed by atoms with Crippen LogP contribution in [0.25, 0.3) is 0 Å². The van der Waals surface area contributed by atoms with Crippen LogP contribution in [-0.2, 0) is 52.5 Å². The Hall–Kier alpha value is -2.18. The molecule has 4 rings (SSSR count). The fraction of sp³-hybridized carbons (Fsp3) is 0.593. The van der Waals surface area contributed by atoms with Gasteiger partial charge in [-0.3, -0.25) is 14.7 Å². The second kappa shape index (κ2) is 22.2. The Kier molecular flexibility index (Phi) is 19.3. The van der Waals surface area contributed by atoms with Gasteiger partial charge in [-0.1, -0.05) is 166 Å². The van der Waals surface area contributed by atoms with Gasteiger partial charge in [0.25, 0.3) is 0 Å². The number of benzene rings is 4. The molecule has 2 atom stereocenters. The maximum Gasteiger partial charge on any atom is 0.584 e. The Labute approximate surface area is 463 Å². The van der Waals surface area contributed by atoms with E-state index < -0.39 is 48.1 Å². The van der Waals surface area contributed by atoms with E-state index in [0.29, 0.717) is 33.5 Å². The van der Waals surface area contributed by atoms with E-state index in [4.69, 9.17) is 13.6 Å². The third-order valence-electron chi connectivity index (χ3n) is 12.4. The summed E-state index contributed by atoms with van der Waals surface area (Å²) < 4.78 is 45.4. The second-order valence-corrected chi connectivity index (χ2v) is 35.9. The van der Waals surface area contributed by atoms with E-state index in [-0.39, 0.29) is 21.2 Å². The molecule has 15 heteroatoms. The van der Waals surface area contributed by atoms with Crippen LogP contribution in [0.3, 0.4) is 0 Å². The largest absolute Gasteiger partial charge is 0.584 e. The molecule has 2 unspecified atom stereocenters. The van der Waals surface area contributed by atoms with Gasteiger partial charge in [0.2, 0.25) is 0 Å². The molecule has 0 saturated carbocycles. The summed E-state index contributed by atoms with van der Waals surface area (Å²) in [6.45, 7) is 51.9. The standard InChI is InChI=1S/C59H90O9P2S4/c1-35(73-38-30-40(52(2,3)4)48(60)41(31-38)53(5,6)7)74-39-32-46(58(20,21)22)51(47(33-39)59(23,24)25)68-70(64,65)67-50-44(56(14,15)16)28-37(29-45(50)57(17,18)19)72-34-71-36-26-42(54(8,9)10)49(66-69(61,62)63)43(27-36)55(11,12)13/h26-33,35,60H,34H2,1-25H3,(H,64,65)(H2,61,62,63).